The molecule has 1 aliphatic heterocycles. The zero-order chi connectivity index (χ0) is 17.2. The van der Waals surface area contributed by atoms with E-state index in [0.717, 1.165) is 61.2 Å². The number of hydrogen-bond acceptors (Lipinski definition) is 6. The highest BCUT2D eigenvalue weighted by atomic mass is 32.1. The van der Waals surface area contributed by atoms with Gasteiger partial charge in [-0.15, -0.1) is 11.3 Å². The molecule has 130 valence electrons. The smallest absolute Gasteiger partial charge is 0.156 e. The molecule has 0 radical (unpaired) electrons. The molecule has 4 rings (SSSR count). The van der Waals surface area contributed by atoms with Crippen LogP contribution in [0.4, 0.5) is 0 Å². The van der Waals surface area contributed by atoms with Gasteiger partial charge in [0.15, 0.2) is 5.82 Å². The standard InChI is InChI=1S/C18H22N6S/c1-12-8-20-18(21-12)17-7-16(22-13(2)23-17)14-3-5-24(6-4-14)10-15-9-19-11-25-15/h7-9,11,14H,3-6,10H2,1-2H3,(H,20,21). The average molecular weight is 354 g/mol. The molecule has 25 heavy (non-hydrogen) atoms. The number of aromatic nitrogens is 5. The molecule has 0 saturated carbocycles. The quantitative estimate of drug-likeness (QED) is 0.778. The molecule has 1 fully saturated rings. The highest BCUT2D eigenvalue weighted by molar-refractivity contribution is 7.09. The van der Waals surface area contributed by atoms with Crippen LogP contribution in [0.15, 0.2) is 24.0 Å². The van der Waals surface area contributed by atoms with Crippen molar-refractivity contribution in [2.75, 3.05) is 13.1 Å². The Morgan fingerprint density at radius 3 is 2.72 bits per heavy atom. The molecule has 3 aromatic heterocycles. The zero-order valence-corrected chi connectivity index (χ0v) is 15.4. The van der Waals surface area contributed by atoms with E-state index in [-0.39, 0.29) is 0 Å². The number of aryl methyl sites for hydroxylation is 2. The summed E-state index contributed by atoms with van der Waals surface area (Å²) < 4.78 is 0. The lowest BCUT2D eigenvalue weighted by Crippen LogP contribution is -2.32. The predicted molar refractivity (Wildman–Crippen MR) is 98.5 cm³/mol. The van der Waals surface area contributed by atoms with E-state index >= 15 is 0 Å². The van der Waals surface area contributed by atoms with Gasteiger partial charge in [0.1, 0.15) is 11.5 Å². The third kappa shape index (κ3) is 3.77. The summed E-state index contributed by atoms with van der Waals surface area (Å²) >= 11 is 1.73. The third-order valence-electron chi connectivity index (χ3n) is 4.67. The van der Waals surface area contributed by atoms with Crippen molar-refractivity contribution >= 4 is 11.3 Å². The summed E-state index contributed by atoms with van der Waals surface area (Å²) in [5.74, 6) is 2.13. The molecule has 0 atom stereocenters. The Labute approximate surface area is 151 Å². The van der Waals surface area contributed by atoms with Crippen molar-refractivity contribution in [1.82, 2.24) is 29.8 Å². The van der Waals surface area contributed by atoms with Crippen molar-refractivity contribution in [3.8, 4) is 11.5 Å². The Hall–Kier alpha value is -2.12. The topological polar surface area (TPSA) is 70.6 Å². The Kier molecular flexibility index (Phi) is 4.59. The number of imidazole rings is 1. The van der Waals surface area contributed by atoms with Gasteiger partial charge in [0.05, 0.1) is 5.51 Å². The summed E-state index contributed by atoms with van der Waals surface area (Å²) in [6.45, 7) is 7.17. The molecule has 1 aliphatic rings. The van der Waals surface area contributed by atoms with Crippen LogP contribution in [0.5, 0.6) is 0 Å². The first kappa shape index (κ1) is 16.4. The van der Waals surface area contributed by atoms with E-state index in [1.165, 1.54) is 4.88 Å². The summed E-state index contributed by atoms with van der Waals surface area (Å²) in [6.07, 6.45) is 6.07. The molecule has 4 heterocycles. The second-order valence-electron chi connectivity index (χ2n) is 6.66. The summed E-state index contributed by atoms with van der Waals surface area (Å²) in [6, 6.07) is 2.11. The number of likely N-dealkylation sites (tertiary alicyclic amines) is 1. The molecule has 0 aliphatic carbocycles. The number of thiazole rings is 1. The van der Waals surface area contributed by atoms with Crippen LogP contribution in [0.2, 0.25) is 0 Å². The molecule has 0 amide bonds. The molecule has 1 saturated heterocycles. The second kappa shape index (κ2) is 7.01. The minimum absolute atomic E-state index is 0.495. The Bertz CT molecular complexity index is 833. The fourth-order valence-electron chi connectivity index (χ4n) is 3.39. The van der Waals surface area contributed by atoms with Crippen molar-refractivity contribution in [2.45, 2.75) is 39.2 Å². The zero-order valence-electron chi connectivity index (χ0n) is 14.6. The summed E-state index contributed by atoms with van der Waals surface area (Å²) in [7, 11) is 0. The van der Waals surface area contributed by atoms with E-state index < -0.39 is 0 Å². The molecular weight excluding hydrogens is 332 g/mol. The Morgan fingerprint density at radius 1 is 1.20 bits per heavy atom. The van der Waals surface area contributed by atoms with Crippen LogP contribution in [0.25, 0.3) is 11.5 Å². The lowest BCUT2D eigenvalue weighted by Gasteiger charge is -2.31. The number of rotatable bonds is 4. The van der Waals surface area contributed by atoms with Crippen molar-refractivity contribution in [3.05, 3.63) is 46.1 Å². The van der Waals surface area contributed by atoms with Gasteiger partial charge in [-0.05, 0) is 45.8 Å². The van der Waals surface area contributed by atoms with E-state index in [9.17, 15) is 0 Å². The molecular formula is C18H22N6S. The van der Waals surface area contributed by atoms with Crippen molar-refractivity contribution in [3.63, 3.8) is 0 Å². The fourth-order valence-corrected chi connectivity index (χ4v) is 4.03. The van der Waals surface area contributed by atoms with Gasteiger partial charge in [-0.25, -0.2) is 15.0 Å². The largest absolute Gasteiger partial charge is 0.341 e. The van der Waals surface area contributed by atoms with E-state index in [1.54, 1.807) is 11.3 Å². The van der Waals surface area contributed by atoms with Gasteiger partial charge in [-0.2, -0.15) is 0 Å². The normalized spacial score (nSPS) is 16.4. The highest BCUT2D eigenvalue weighted by Crippen LogP contribution is 2.29. The first-order valence-electron chi connectivity index (χ1n) is 8.64. The van der Waals surface area contributed by atoms with E-state index in [2.05, 4.69) is 30.9 Å². The SMILES string of the molecule is Cc1nc(-c2ncc(C)[nH]2)cc(C2CCN(Cc3cncs3)CC2)n1. The number of nitrogens with one attached hydrogen (secondary N) is 1. The van der Waals surface area contributed by atoms with Gasteiger partial charge in [0, 0.05) is 41.1 Å². The number of aromatic amines is 1. The van der Waals surface area contributed by atoms with Gasteiger partial charge in [0.25, 0.3) is 0 Å². The van der Waals surface area contributed by atoms with Crippen LogP contribution in [0.1, 0.15) is 40.8 Å². The predicted octanol–water partition coefficient (Wildman–Crippen LogP) is 3.32. The van der Waals surface area contributed by atoms with Crippen LogP contribution >= 0.6 is 11.3 Å². The van der Waals surface area contributed by atoms with Gasteiger partial charge < -0.3 is 4.98 Å². The summed E-state index contributed by atoms with van der Waals surface area (Å²) in [5.41, 5.74) is 4.99. The van der Waals surface area contributed by atoms with Crippen molar-refractivity contribution < 1.29 is 0 Å². The lowest BCUT2D eigenvalue weighted by molar-refractivity contribution is 0.204. The van der Waals surface area contributed by atoms with E-state index in [4.69, 9.17) is 4.98 Å². The maximum Gasteiger partial charge on any atom is 0.156 e. The average Bonchev–Trinajstić information content (AvgIpc) is 3.27. The maximum atomic E-state index is 4.71. The molecule has 0 spiro atoms. The number of H-pyrrole nitrogens is 1. The van der Waals surface area contributed by atoms with Crippen LogP contribution in [0.3, 0.4) is 0 Å². The molecule has 1 N–H and O–H groups in total. The second-order valence-corrected chi connectivity index (χ2v) is 7.63. The maximum absolute atomic E-state index is 4.71. The van der Waals surface area contributed by atoms with Crippen molar-refractivity contribution in [1.29, 1.82) is 0 Å². The van der Waals surface area contributed by atoms with Crippen molar-refractivity contribution in [2.24, 2.45) is 0 Å². The number of nitrogens with zero attached hydrogens (tertiary/aromatic N) is 5. The number of hydrogen-bond donors (Lipinski definition) is 1. The van der Waals surface area contributed by atoms with Crippen LogP contribution < -0.4 is 0 Å². The Balaban J connectivity index is 1.46. The lowest BCUT2D eigenvalue weighted by atomic mass is 9.92. The third-order valence-corrected chi connectivity index (χ3v) is 5.44. The van der Waals surface area contributed by atoms with Gasteiger partial charge >= 0.3 is 0 Å². The first-order valence-corrected chi connectivity index (χ1v) is 9.52. The van der Waals surface area contributed by atoms with E-state index in [0.29, 0.717) is 5.92 Å². The minimum Gasteiger partial charge on any atom is -0.341 e. The van der Waals surface area contributed by atoms with Gasteiger partial charge in [-0.3, -0.25) is 9.88 Å². The van der Waals surface area contributed by atoms with Crippen LogP contribution in [-0.4, -0.2) is 42.9 Å². The molecule has 3 aromatic rings. The van der Waals surface area contributed by atoms with Crippen LogP contribution in [-0.2, 0) is 6.54 Å². The number of piperidine rings is 1. The highest BCUT2D eigenvalue weighted by Gasteiger charge is 2.23. The van der Waals surface area contributed by atoms with Crippen LogP contribution in [0, 0.1) is 13.8 Å². The molecule has 0 bridgehead atoms. The van der Waals surface area contributed by atoms with Gasteiger partial charge in [0.2, 0.25) is 0 Å². The molecule has 7 heteroatoms. The first-order chi connectivity index (χ1) is 12.2. The summed E-state index contributed by atoms with van der Waals surface area (Å²) in [5, 5.41) is 0. The van der Waals surface area contributed by atoms with E-state index in [1.807, 2.05) is 31.8 Å². The summed E-state index contributed by atoms with van der Waals surface area (Å²) in [4.78, 5) is 25.0. The minimum atomic E-state index is 0.495. The molecule has 0 unspecified atom stereocenters. The molecule has 6 nitrogen and oxygen atoms in total. The fraction of sp³-hybridized carbons (Fsp3) is 0.444. The Morgan fingerprint density at radius 2 is 2.04 bits per heavy atom. The van der Waals surface area contributed by atoms with Gasteiger partial charge in [-0.1, -0.05) is 0 Å². The molecule has 0 aromatic carbocycles. The monoisotopic (exact) mass is 354 g/mol.